The lowest BCUT2D eigenvalue weighted by Crippen LogP contribution is -2.62. The second-order valence-electron chi connectivity index (χ2n) is 4.69. The minimum absolute atomic E-state index is 0.0179. The maximum atomic E-state index is 11.5. The van der Waals surface area contributed by atoms with E-state index in [0.29, 0.717) is 12.1 Å². The van der Waals surface area contributed by atoms with Crippen molar-refractivity contribution in [2.45, 2.75) is 24.5 Å². The van der Waals surface area contributed by atoms with Gasteiger partial charge in [-0.3, -0.25) is 9.69 Å². The summed E-state index contributed by atoms with van der Waals surface area (Å²) < 4.78 is 5.57. The molecule has 94 valence electrons. The Bertz CT molecular complexity index is 537. The number of nitrogens with two attached hydrogens (primary N) is 1. The zero-order valence-corrected chi connectivity index (χ0v) is 9.92. The SMILES string of the molecule is COC12CC(C1)N(C(N)=O)c1nc(C=O)ccc12. The smallest absolute Gasteiger partial charge is 0.320 e. The van der Waals surface area contributed by atoms with Gasteiger partial charge in [0.25, 0.3) is 0 Å². The van der Waals surface area contributed by atoms with E-state index in [-0.39, 0.29) is 17.3 Å². The van der Waals surface area contributed by atoms with Gasteiger partial charge in [0.2, 0.25) is 0 Å². The van der Waals surface area contributed by atoms with Crippen molar-refractivity contribution in [3.8, 4) is 0 Å². The first-order valence-corrected chi connectivity index (χ1v) is 5.72. The zero-order valence-electron chi connectivity index (χ0n) is 9.92. The second-order valence-corrected chi connectivity index (χ2v) is 4.69. The zero-order chi connectivity index (χ0) is 12.9. The highest BCUT2D eigenvalue weighted by Gasteiger charge is 2.56. The van der Waals surface area contributed by atoms with Gasteiger partial charge >= 0.3 is 6.03 Å². The van der Waals surface area contributed by atoms with Crippen LogP contribution in [-0.2, 0) is 10.3 Å². The fourth-order valence-corrected chi connectivity index (χ4v) is 2.91. The first kappa shape index (κ1) is 11.2. The van der Waals surface area contributed by atoms with Crippen molar-refractivity contribution >= 4 is 18.1 Å². The van der Waals surface area contributed by atoms with Crippen LogP contribution in [0.2, 0.25) is 0 Å². The van der Waals surface area contributed by atoms with Crippen molar-refractivity contribution in [2.24, 2.45) is 5.73 Å². The molecule has 3 aliphatic rings. The standard InChI is InChI=1S/C12H13N3O3/c1-18-12-4-8(5-12)15(11(13)17)10-9(12)3-2-7(6-16)14-10/h2-3,6,8H,4-5H2,1H3,(H2,13,17). The third-order valence-electron chi connectivity index (χ3n) is 3.86. The summed E-state index contributed by atoms with van der Waals surface area (Å²) in [6.07, 6.45) is 2.10. The van der Waals surface area contributed by atoms with Crippen molar-refractivity contribution < 1.29 is 14.3 Å². The molecule has 0 radical (unpaired) electrons. The van der Waals surface area contributed by atoms with Crippen molar-refractivity contribution in [1.82, 2.24) is 4.98 Å². The van der Waals surface area contributed by atoms with Gasteiger partial charge in [-0.1, -0.05) is 6.07 Å². The lowest BCUT2D eigenvalue weighted by Gasteiger charge is -2.55. The molecule has 2 aliphatic heterocycles. The van der Waals surface area contributed by atoms with Gasteiger partial charge in [-0.15, -0.1) is 0 Å². The van der Waals surface area contributed by atoms with Gasteiger partial charge in [0.05, 0.1) is 0 Å². The van der Waals surface area contributed by atoms with E-state index >= 15 is 0 Å². The normalized spacial score (nSPS) is 28.3. The number of methoxy groups -OCH3 is 1. The molecule has 1 aromatic heterocycles. The first-order valence-electron chi connectivity index (χ1n) is 5.72. The Morgan fingerprint density at radius 3 is 2.89 bits per heavy atom. The lowest BCUT2D eigenvalue weighted by atomic mass is 9.67. The molecule has 4 rings (SSSR count). The van der Waals surface area contributed by atoms with Crippen LogP contribution in [0.3, 0.4) is 0 Å². The van der Waals surface area contributed by atoms with Gasteiger partial charge in [-0.2, -0.15) is 0 Å². The average Bonchev–Trinajstić information content (AvgIpc) is 2.34. The number of primary amides is 1. The molecule has 0 atom stereocenters. The van der Waals surface area contributed by atoms with Crippen LogP contribution in [0.25, 0.3) is 0 Å². The number of amides is 2. The summed E-state index contributed by atoms with van der Waals surface area (Å²) in [5.74, 6) is 0.455. The topological polar surface area (TPSA) is 85.5 Å². The van der Waals surface area contributed by atoms with Crippen LogP contribution in [0.1, 0.15) is 28.9 Å². The third kappa shape index (κ3) is 1.23. The first-order chi connectivity index (χ1) is 8.61. The van der Waals surface area contributed by atoms with Crippen molar-refractivity contribution in [1.29, 1.82) is 0 Å². The molecule has 3 heterocycles. The summed E-state index contributed by atoms with van der Waals surface area (Å²) in [7, 11) is 1.65. The molecule has 1 aliphatic carbocycles. The maximum Gasteiger partial charge on any atom is 0.320 e. The van der Waals surface area contributed by atoms with Gasteiger partial charge < -0.3 is 10.5 Å². The number of hydrogen-bond acceptors (Lipinski definition) is 4. The Morgan fingerprint density at radius 1 is 1.61 bits per heavy atom. The number of rotatable bonds is 2. The Morgan fingerprint density at radius 2 is 2.33 bits per heavy atom. The number of ether oxygens (including phenoxy) is 1. The molecular formula is C12H13N3O3. The van der Waals surface area contributed by atoms with Crippen LogP contribution in [0.5, 0.6) is 0 Å². The fraction of sp³-hybridized carbons (Fsp3) is 0.417. The molecule has 18 heavy (non-hydrogen) atoms. The number of nitrogens with zero attached hydrogens (tertiary/aromatic N) is 2. The van der Waals surface area contributed by atoms with Crippen LogP contribution in [0.4, 0.5) is 10.6 Å². The molecule has 2 N–H and O–H groups in total. The molecule has 0 aromatic carbocycles. The Labute approximate surface area is 104 Å². The summed E-state index contributed by atoms with van der Waals surface area (Å²) in [4.78, 5) is 28.0. The van der Waals surface area contributed by atoms with E-state index in [1.165, 1.54) is 4.90 Å². The van der Waals surface area contributed by atoms with Crippen LogP contribution in [0.15, 0.2) is 12.1 Å². The molecular weight excluding hydrogens is 234 g/mol. The number of anilines is 1. The number of carbonyl (C=O) groups excluding carboxylic acids is 2. The monoisotopic (exact) mass is 247 g/mol. The fourth-order valence-electron chi connectivity index (χ4n) is 2.91. The quantitative estimate of drug-likeness (QED) is 0.783. The van der Waals surface area contributed by atoms with Gasteiger partial charge in [0.1, 0.15) is 17.1 Å². The minimum atomic E-state index is -0.541. The van der Waals surface area contributed by atoms with Crippen molar-refractivity contribution in [3.05, 3.63) is 23.4 Å². The number of pyridine rings is 1. The highest BCUT2D eigenvalue weighted by atomic mass is 16.5. The third-order valence-corrected chi connectivity index (χ3v) is 3.86. The van der Waals surface area contributed by atoms with E-state index in [2.05, 4.69) is 4.98 Å². The molecule has 6 nitrogen and oxygen atoms in total. The maximum absolute atomic E-state index is 11.5. The second kappa shape index (κ2) is 3.52. The van der Waals surface area contributed by atoms with Gasteiger partial charge in [-0.05, 0) is 6.07 Å². The van der Waals surface area contributed by atoms with E-state index in [0.717, 1.165) is 18.4 Å². The van der Waals surface area contributed by atoms with Crippen molar-refractivity contribution in [2.75, 3.05) is 12.0 Å². The molecule has 1 saturated carbocycles. The Kier molecular flexibility index (Phi) is 2.18. The molecule has 2 amide bonds. The van der Waals surface area contributed by atoms with Gasteiger partial charge in [0.15, 0.2) is 6.29 Å². The minimum Gasteiger partial charge on any atom is -0.373 e. The van der Waals surface area contributed by atoms with Crippen LogP contribution >= 0.6 is 0 Å². The summed E-state index contributed by atoms with van der Waals surface area (Å²) in [5, 5.41) is 0. The van der Waals surface area contributed by atoms with E-state index in [4.69, 9.17) is 10.5 Å². The highest BCUT2D eigenvalue weighted by molar-refractivity contribution is 5.93. The number of urea groups is 1. The summed E-state index contributed by atoms with van der Waals surface area (Å²) in [6.45, 7) is 0. The van der Waals surface area contributed by atoms with Crippen LogP contribution < -0.4 is 10.6 Å². The van der Waals surface area contributed by atoms with E-state index < -0.39 is 6.03 Å². The van der Waals surface area contributed by atoms with Gasteiger partial charge in [0, 0.05) is 31.6 Å². The van der Waals surface area contributed by atoms with E-state index in [9.17, 15) is 9.59 Å². The summed E-state index contributed by atoms with van der Waals surface area (Å²) in [6, 6.07) is 2.90. The number of carbonyl (C=O) groups is 2. The molecule has 0 saturated heterocycles. The number of aldehydes is 1. The predicted octanol–water partition coefficient (Wildman–Crippen LogP) is 0.797. The predicted molar refractivity (Wildman–Crippen MR) is 63.4 cm³/mol. The van der Waals surface area contributed by atoms with Crippen LogP contribution in [-0.4, -0.2) is 30.5 Å². The van der Waals surface area contributed by atoms with Crippen LogP contribution in [0, 0.1) is 0 Å². The molecule has 2 bridgehead atoms. The van der Waals surface area contributed by atoms with Gasteiger partial charge in [-0.25, -0.2) is 9.78 Å². The Hall–Kier alpha value is -1.95. The average molecular weight is 247 g/mol. The molecule has 0 spiro atoms. The van der Waals surface area contributed by atoms with E-state index in [1.54, 1.807) is 19.2 Å². The molecule has 6 heteroatoms. The molecule has 1 aromatic rings. The highest BCUT2D eigenvalue weighted by Crippen LogP contribution is 2.54. The summed E-state index contributed by atoms with van der Waals surface area (Å²) >= 11 is 0. The van der Waals surface area contributed by atoms with E-state index in [1.807, 2.05) is 0 Å². The lowest BCUT2D eigenvalue weighted by molar-refractivity contribution is -0.0956. The largest absolute Gasteiger partial charge is 0.373 e. The number of aromatic nitrogens is 1. The Balaban J connectivity index is 2.18. The summed E-state index contributed by atoms with van der Waals surface area (Å²) in [5.41, 5.74) is 6.13. The number of hydrogen-bond donors (Lipinski definition) is 1. The molecule has 0 unspecified atom stereocenters. The molecule has 1 fully saturated rings. The van der Waals surface area contributed by atoms with Crippen molar-refractivity contribution in [3.63, 3.8) is 0 Å².